The van der Waals surface area contributed by atoms with E-state index in [1.54, 1.807) is 0 Å². The summed E-state index contributed by atoms with van der Waals surface area (Å²) >= 11 is 3.76. The Labute approximate surface area is 110 Å². The number of carbonyl (C=O) groups excluding carboxylic acids is 1. The third-order valence-corrected chi connectivity index (χ3v) is 5.20. The van der Waals surface area contributed by atoms with Gasteiger partial charge in [-0.25, -0.2) is 0 Å². The van der Waals surface area contributed by atoms with Crippen LogP contribution >= 0.6 is 23.1 Å². The zero-order valence-electron chi connectivity index (χ0n) is 10.1. The minimum Gasteiger partial charge on any atom is -0.469 e. The predicted molar refractivity (Wildman–Crippen MR) is 71.6 cm³/mol. The maximum Gasteiger partial charge on any atom is 0.306 e. The van der Waals surface area contributed by atoms with E-state index in [9.17, 15) is 4.79 Å². The summed E-state index contributed by atoms with van der Waals surface area (Å²) in [6, 6.07) is 2.58. The van der Waals surface area contributed by atoms with E-state index in [0.29, 0.717) is 24.3 Å². The quantitative estimate of drug-likeness (QED) is 0.855. The molecule has 1 unspecified atom stereocenters. The van der Waals surface area contributed by atoms with Gasteiger partial charge in [0.25, 0.3) is 0 Å². The third-order valence-electron chi connectivity index (χ3n) is 2.86. The first-order chi connectivity index (χ1) is 8.20. The largest absolute Gasteiger partial charge is 0.469 e. The van der Waals surface area contributed by atoms with Gasteiger partial charge in [-0.3, -0.25) is 4.79 Å². The van der Waals surface area contributed by atoms with Crippen LogP contribution in [0, 0.1) is 0 Å². The van der Waals surface area contributed by atoms with Crippen molar-refractivity contribution in [3.05, 3.63) is 17.0 Å². The normalized spacial score (nSPS) is 23.2. The lowest BCUT2D eigenvalue weighted by Crippen LogP contribution is -2.28. The molecule has 0 aromatic carbocycles. The van der Waals surface area contributed by atoms with Crippen LogP contribution in [0.25, 0.3) is 0 Å². The van der Waals surface area contributed by atoms with E-state index < -0.39 is 0 Å². The molecule has 2 atom stereocenters. The Hall–Kier alpha value is -0.520. The average molecular weight is 271 g/mol. The molecule has 1 N–H and O–H groups in total. The van der Waals surface area contributed by atoms with Gasteiger partial charge in [0.05, 0.1) is 17.7 Å². The van der Waals surface area contributed by atoms with Crippen LogP contribution in [0.3, 0.4) is 0 Å². The Morgan fingerprint density at radius 1 is 1.65 bits per heavy atom. The highest BCUT2D eigenvalue weighted by molar-refractivity contribution is 8.01. The van der Waals surface area contributed by atoms with E-state index in [2.05, 4.69) is 28.4 Å². The fourth-order valence-electron chi connectivity index (χ4n) is 1.99. The molecule has 0 spiro atoms. The molecular formula is C12H17NO2S2. The smallest absolute Gasteiger partial charge is 0.306 e. The number of thiophene rings is 1. The Morgan fingerprint density at radius 2 is 2.47 bits per heavy atom. The molecule has 0 fully saturated rings. The highest BCUT2D eigenvalue weighted by Crippen LogP contribution is 2.43. The molecule has 0 bridgehead atoms. The van der Waals surface area contributed by atoms with Crippen LogP contribution in [0.2, 0.25) is 0 Å². The van der Waals surface area contributed by atoms with Gasteiger partial charge in [0.2, 0.25) is 0 Å². The standard InChI is InChI=1S/C12H17NO2S2/c1-8-7-10(13-5-3-11(14)15-2)9-4-6-16-12(9)17-8/h4,6,8,10,13H,3,5,7H2,1-2H3/t8-,10?/m0/s1. The van der Waals surface area contributed by atoms with Crippen molar-refractivity contribution in [1.82, 2.24) is 5.32 Å². The summed E-state index contributed by atoms with van der Waals surface area (Å²) in [6.07, 6.45) is 1.56. The van der Waals surface area contributed by atoms with Crippen molar-refractivity contribution < 1.29 is 9.53 Å². The number of methoxy groups -OCH3 is 1. The maximum atomic E-state index is 11.0. The van der Waals surface area contributed by atoms with E-state index in [4.69, 9.17) is 0 Å². The van der Waals surface area contributed by atoms with Crippen molar-refractivity contribution in [1.29, 1.82) is 0 Å². The molecular weight excluding hydrogens is 254 g/mol. The van der Waals surface area contributed by atoms with Crippen molar-refractivity contribution in [3.63, 3.8) is 0 Å². The Bertz CT molecular complexity index is 392. The summed E-state index contributed by atoms with van der Waals surface area (Å²) in [5.74, 6) is -0.152. The van der Waals surface area contributed by atoms with Gasteiger partial charge in [-0.2, -0.15) is 0 Å². The summed E-state index contributed by atoms with van der Waals surface area (Å²) in [5.41, 5.74) is 1.39. The summed E-state index contributed by atoms with van der Waals surface area (Å²) in [7, 11) is 1.43. The van der Waals surface area contributed by atoms with Crippen molar-refractivity contribution in [2.45, 2.75) is 35.3 Å². The SMILES string of the molecule is COC(=O)CCNC1C[C@H](C)Sc2sccc21. The van der Waals surface area contributed by atoms with E-state index in [1.165, 1.54) is 16.9 Å². The van der Waals surface area contributed by atoms with Crippen molar-refractivity contribution in [2.24, 2.45) is 0 Å². The van der Waals surface area contributed by atoms with Gasteiger partial charge in [-0.15, -0.1) is 23.1 Å². The lowest BCUT2D eigenvalue weighted by molar-refractivity contribution is -0.140. The molecule has 1 aliphatic heterocycles. The highest BCUT2D eigenvalue weighted by atomic mass is 32.2. The number of rotatable bonds is 4. The Morgan fingerprint density at radius 3 is 3.24 bits per heavy atom. The molecule has 0 saturated heterocycles. The van der Waals surface area contributed by atoms with Gasteiger partial charge in [-0.1, -0.05) is 6.92 Å². The number of hydrogen-bond donors (Lipinski definition) is 1. The Kier molecular flexibility index (Phi) is 4.48. The van der Waals surface area contributed by atoms with Crippen molar-refractivity contribution in [3.8, 4) is 0 Å². The molecule has 0 amide bonds. The first-order valence-corrected chi connectivity index (χ1v) is 7.51. The highest BCUT2D eigenvalue weighted by Gasteiger charge is 2.25. The molecule has 5 heteroatoms. The van der Waals surface area contributed by atoms with Crippen LogP contribution in [0.5, 0.6) is 0 Å². The minimum atomic E-state index is -0.152. The van der Waals surface area contributed by atoms with Gasteiger partial charge >= 0.3 is 5.97 Å². The molecule has 2 rings (SSSR count). The molecule has 1 aromatic heterocycles. The molecule has 1 aliphatic rings. The molecule has 0 saturated carbocycles. The number of carbonyl (C=O) groups is 1. The van der Waals surface area contributed by atoms with E-state index >= 15 is 0 Å². The molecule has 2 heterocycles. The predicted octanol–water partition coefficient (Wildman–Crippen LogP) is 2.83. The molecule has 94 valence electrons. The number of esters is 1. The molecule has 1 aromatic rings. The second-order valence-electron chi connectivity index (χ2n) is 4.16. The number of hydrogen-bond acceptors (Lipinski definition) is 5. The monoisotopic (exact) mass is 271 g/mol. The molecule has 3 nitrogen and oxygen atoms in total. The second kappa shape index (κ2) is 5.89. The van der Waals surface area contributed by atoms with E-state index in [-0.39, 0.29) is 5.97 Å². The van der Waals surface area contributed by atoms with Crippen LogP contribution in [0.15, 0.2) is 15.7 Å². The van der Waals surface area contributed by atoms with Gasteiger partial charge < -0.3 is 10.1 Å². The lowest BCUT2D eigenvalue weighted by Gasteiger charge is -2.27. The summed E-state index contributed by atoms with van der Waals surface area (Å²) in [4.78, 5) is 11.0. The van der Waals surface area contributed by atoms with Gasteiger partial charge in [0, 0.05) is 17.8 Å². The number of ether oxygens (including phenoxy) is 1. The van der Waals surface area contributed by atoms with Crippen LogP contribution in [0.1, 0.15) is 31.4 Å². The summed E-state index contributed by atoms with van der Waals surface area (Å²) < 4.78 is 6.05. The minimum absolute atomic E-state index is 0.152. The average Bonchev–Trinajstić information content (AvgIpc) is 2.76. The van der Waals surface area contributed by atoms with Crippen LogP contribution in [0.4, 0.5) is 0 Å². The van der Waals surface area contributed by atoms with Gasteiger partial charge in [-0.05, 0) is 23.4 Å². The fraction of sp³-hybridized carbons (Fsp3) is 0.583. The zero-order valence-corrected chi connectivity index (χ0v) is 11.7. The summed E-state index contributed by atoms with van der Waals surface area (Å²) in [5, 5.41) is 6.23. The molecule has 0 radical (unpaired) electrons. The molecule has 0 aliphatic carbocycles. The number of thioether (sulfide) groups is 1. The third kappa shape index (κ3) is 3.24. The van der Waals surface area contributed by atoms with Crippen LogP contribution < -0.4 is 5.32 Å². The van der Waals surface area contributed by atoms with Crippen LogP contribution in [-0.2, 0) is 9.53 Å². The second-order valence-corrected chi connectivity index (χ2v) is 6.78. The zero-order chi connectivity index (χ0) is 12.3. The first kappa shape index (κ1) is 12.9. The molecule has 17 heavy (non-hydrogen) atoms. The number of fused-ring (bicyclic) bond motifs is 1. The lowest BCUT2D eigenvalue weighted by atomic mass is 10.0. The first-order valence-electron chi connectivity index (χ1n) is 5.75. The van der Waals surface area contributed by atoms with Crippen molar-refractivity contribution >= 4 is 29.1 Å². The summed E-state index contributed by atoms with van der Waals surface area (Å²) in [6.45, 7) is 2.94. The maximum absolute atomic E-state index is 11.0. The van der Waals surface area contributed by atoms with E-state index in [1.807, 2.05) is 23.1 Å². The topological polar surface area (TPSA) is 38.3 Å². The van der Waals surface area contributed by atoms with E-state index in [0.717, 1.165) is 6.42 Å². The van der Waals surface area contributed by atoms with Gasteiger partial charge in [0.1, 0.15) is 0 Å². The van der Waals surface area contributed by atoms with Crippen LogP contribution in [-0.4, -0.2) is 24.9 Å². The number of nitrogens with one attached hydrogen (secondary N) is 1. The van der Waals surface area contributed by atoms with Crippen molar-refractivity contribution in [2.75, 3.05) is 13.7 Å². The fourth-order valence-corrected chi connectivity index (χ4v) is 4.56. The van der Waals surface area contributed by atoms with Gasteiger partial charge in [0.15, 0.2) is 0 Å². The Balaban J connectivity index is 1.91.